The van der Waals surface area contributed by atoms with Gasteiger partial charge in [0.1, 0.15) is 11.5 Å². The highest BCUT2D eigenvalue weighted by molar-refractivity contribution is 6.99. The first-order valence-electron chi connectivity index (χ1n) is 12.2. The number of carbonyl (C=O) groups is 1. The van der Waals surface area contributed by atoms with Crippen LogP contribution in [0.1, 0.15) is 46.1 Å². The molecule has 0 radical (unpaired) electrons. The summed E-state index contributed by atoms with van der Waals surface area (Å²) in [5.41, 5.74) is 1.16. The molecule has 3 rings (SSSR count). The molecule has 180 valence electrons. The Morgan fingerprint density at radius 2 is 1.38 bits per heavy atom. The van der Waals surface area contributed by atoms with Crippen molar-refractivity contribution in [3.05, 3.63) is 90.5 Å². The van der Waals surface area contributed by atoms with Crippen molar-refractivity contribution >= 4 is 24.5 Å². The number of ether oxygens (including phenoxy) is 1. The van der Waals surface area contributed by atoms with Crippen molar-refractivity contribution in [2.75, 3.05) is 13.7 Å². The van der Waals surface area contributed by atoms with Crippen LogP contribution in [0.3, 0.4) is 0 Å². The van der Waals surface area contributed by atoms with E-state index in [4.69, 9.17) is 9.16 Å². The third-order valence-electron chi connectivity index (χ3n) is 6.43. The van der Waals surface area contributed by atoms with Crippen LogP contribution < -0.4 is 15.1 Å². The lowest BCUT2D eigenvalue weighted by molar-refractivity contribution is -0.120. The SMILES string of the molecule is COc1ccc(CCC(=O)CC(C)CO[Si](c2ccccc2)(c2ccccc2)C(C)(C)C)cc1. The Labute approximate surface area is 206 Å². The Balaban J connectivity index is 1.70. The van der Waals surface area contributed by atoms with Crippen LogP contribution in [-0.2, 0) is 15.6 Å². The van der Waals surface area contributed by atoms with Gasteiger partial charge in [-0.25, -0.2) is 0 Å². The first-order valence-corrected chi connectivity index (χ1v) is 14.1. The van der Waals surface area contributed by atoms with E-state index in [1.165, 1.54) is 10.4 Å². The molecule has 0 N–H and O–H groups in total. The number of hydrogen-bond donors (Lipinski definition) is 0. The number of hydrogen-bond acceptors (Lipinski definition) is 3. The zero-order valence-electron chi connectivity index (χ0n) is 21.2. The van der Waals surface area contributed by atoms with Crippen molar-refractivity contribution < 1.29 is 14.0 Å². The number of aryl methyl sites for hydroxylation is 1. The van der Waals surface area contributed by atoms with Crippen LogP contribution in [0, 0.1) is 5.92 Å². The van der Waals surface area contributed by atoms with Crippen LogP contribution in [0.4, 0.5) is 0 Å². The van der Waals surface area contributed by atoms with Crippen molar-refractivity contribution in [3.8, 4) is 5.75 Å². The van der Waals surface area contributed by atoms with E-state index < -0.39 is 8.32 Å². The Morgan fingerprint density at radius 1 is 0.853 bits per heavy atom. The fraction of sp³-hybridized carbons (Fsp3) is 0.367. The zero-order chi connectivity index (χ0) is 24.6. The smallest absolute Gasteiger partial charge is 0.261 e. The highest BCUT2D eigenvalue weighted by atomic mass is 28.4. The van der Waals surface area contributed by atoms with Crippen molar-refractivity contribution in [2.24, 2.45) is 5.92 Å². The van der Waals surface area contributed by atoms with Crippen molar-refractivity contribution in [1.29, 1.82) is 0 Å². The van der Waals surface area contributed by atoms with E-state index in [1.54, 1.807) is 7.11 Å². The summed E-state index contributed by atoms with van der Waals surface area (Å²) in [5, 5.41) is 2.48. The molecule has 3 aromatic carbocycles. The van der Waals surface area contributed by atoms with Crippen molar-refractivity contribution in [1.82, 2.24) is 0 Å². The van der Waals surface area contributed by atoms with Crippen molar-refractivity contribution in [2.45, 2.75) is 52.0 Å². The van der Waals surface area contributed by atoms with E-state index in [9.17, 15) is 4.79 Å². The second kappa shape index (κ2) is 11.6. The highest BCUT2D eigenvalue weighted by Gasteiger charge is 2.50. The van der Waals surface area contributed by atoms with Gasteiger partial charge in [0.25, 0.3) is 8.32 Å². The molecule has 0 fully saturated rings. The van der Waals surface area contributed by atoms with E-state index in [-0.39, 0.29) is 16.7 Å². The monoisotopic (exact) mass is 474 g/mol. The predicted molar refractivity (Wildman–Crippen MR) is 144 cm³/mol. The van der Waals surface area contributed by atoms with Gasteiger partial charge in [-0.1, -0.05) is 100 Å². The summed E-state index contributed by atoms with van der Waals surface area (Å²) >= 11 is 0. The Kier molecular flexibility index (Phi) is 8.87. The third-order valence-corrected chi connectivity index (χ3v) is 11.4. The second-order valence-corrected chi connectivity index (χ2v) is 14.5. The van der Waals surface area contributed by atoms with Gasteiger partial charge in [0, 0.05) is 19.4 Å². The Morgan fingerprint density at radius 3 is 1.85 bits per heavy atom. The van der Waals surface area contributed by atoms with Gasteiger partial charge in [-0.05, 0) is 45.4 Å². The summed E-state index contributed by atoms with van der Waals surface area (Å²) < 4.78 is 12.2. The lowest BCUT2D eigenvalue weighted by Crippen LogP contribution is -2.66. The molecule has 3 aromatic rings. The average molecular weight is 475 g/mol. The van der Waals surface area contributed by atoms with Gasteiger partial charge in [-0.15, -0.1) is 0 Å². The Hall–Kier alpha value is -2.69. The largest absolute Gasteiger partial charge is 0.497 e. The van der Waals surface area contributed by atoms with E-state index in [1.807, 2.05) is 24.3 Å². The molecule has 1 unspecified atom stereocenters. The highest BCUT2D eigenvalue weighted by Crippen LogP contribution is 2.37. The van der Waals surface area contributed by atoms with Crippen molar-refractivity contribution in [3.63, 3.8) is 0 Å². The quantitative estimate of drug-likeness (QED) is 0.330. The maximum atomic E-state index is 12.7. The number of benzene rings is 3. The third kappa shape index (κ3) is 6.25. The van der Waals surface area contributed by atoms with Crippen LogP contribution in [0.5, 0.6) is 5.75 Å². The fourth-order valence-electron chi connectivity index (χ4n) is 4.65. The van der Waals surface area contributed by atoms with Crippen LogP contribution in [0.25, 0.3) is 0 Å². The number of carbonyl (C=O) groups excluding carboxylic acids is 1. The summed E-state index contributed by atoms with van der Waals surface area (Å²) in [6.07, 6.45) is 1.84. The molecule has 0 spiro atoms. The van der Waals surface area contributed by atoms with Crippen LogP contribution >= 0.6 is 0 Å². The topological polar surface area (TPSA) is 35.5 Å². The van der Waals surface area contributed by atoms with E-state index in [0.29, 0.717) is 19.4 Å². The molecule has 0 bridgehead atoms. The number of ketones is 1. The van der Waals surface area contributed by atoms with Gasteiger partial charge in [-0.2, -0.15) is 0 Å². The molecule has 0 amide bonds. The molecule has 0 aliphatic carbocycles. The number of rotatable bonds is 11. The summed E-state index contributed by atoms with van der Waals surface area (Å²) in [6, 6.07) is 29.3. The molecule has 0 aliphatic heterocycles. The predicted octanol–water partition coefficient (Wildman–Crippen LogP) is 5.80. The summed E-state index contributed by atoms with van der Waals surface area (Å²) in [6.45, 7) is 9.54. The minimum Gasteiger partial charge on any atom is -0.497 e. The molecule has 1 atom stereocenters. The van der Waals surface area contributed by atoms with Crippen LogP contribution in [-0.4, -0.2) is 27.8 Å². The van der Waals surface area contributed by atoms with E-state index >= 15 is 0 Å². The molecule has 0 saturated heterocycles. The second-order valence-electron chi connectivity index (χ2n) is 10.2. The minimum absolute atomic E-state index is 0.0617. The lowest BCUT2D eigenvalue weighted by Gasteiger charge is -2.43. The molecule has 0 aromatic heterocycles. The van der Waals surface area contributed by atoms with Crippen LogP contribution in [0.15, 0.2) is 84.9 Å². The molecule has 34 heavy (non-hydrogen) atoms. The van der Waals surface area contributed by atoms with Gasteiger partial charge in [-0.3, -0.25) is 4.79 Å². The minimum atomic E-state index is -2.57. The fourth-order valence-corrected chi connectivity index (χ4v) is 9.34. The maximum absolute atomic E-state index is 12.7. The number of Topliss-reactive ketones (excluding diaryl/α,β-unsaturated/α-hetero) is 1. The summed E-state index contributed by atoms with van der Waals surface area (Å²) in [7, 11) is -0.905. The van der Waals surface area contributed by atoms with Crippen LogP contribution in [0.2, 0.25) is 5.04 Å². The first kappa shape index (κ1) is 25.9. The average Bonchev–Trinajstić information content (AvgIpc) is 2.84. The maximum Gasteiger partial charge on any atom is 0.261 e. The van der Waals surface area contributed by atoms with E-state index in [2.05, 4.69) is 88.4 Å². The van der Waals surface area contributed by atoms with Gasteiger partial charge in [0.05, 0.1) is 7.11 Å². The first-order chi connectivity index (χ1) is 16.3. The zero-order valence-corrected chi connectivity index (χ0v) is 22.2. The molecular formula is C30H38O3Si. The van der Waals surface area contributed by atoms with Gasteiger partial charge < -0.3 is 9.16 Å². The summed E-state index contributed by atoms with van der Waals surface area (Å²) in [4.78, 5) is 12.7. The molecule has 0 heterocycles. The molecule has 3 nitrogen and oxygen atoms in total. The molecular weight excluding hydrogens is 436 g/mol. The Bertz CT molecular complexity index is 985. The molecule has 4 heteroatoms. The standard InChI is InChI=1S/C30H38O3Si/c1-24(22-26(31)19-16-25-17-20-27(32-5)21-18-25)23-33-34(30(2,3)4,28-12-8-6-9-13-28)29-14-10-7-11-15-29/h6-15,17-18,20-21,24H,16,19,22-23H2,1-5H3. The lowest BCUT2D eigenvalue weighted by atomic mass is 10.0. The van der Waals surface area contributed by atoms with Gasteiger partial charge in [0.2, 0.25) is 0 Å². The van der Waals surface area contributed by atoms with E-state index in [0.717, 1.165) is 17.7 Å². The summed E-state index contributed by atoms with van der Waals surface area (Å²) in [5.74, 6) is 1.28. The number of methoxy groups -OCH3 is 1. The van der Waals surface area contributed by atoms with Gasteiger partial charge in [0.15, 0.2) is 0 Å². The van der Waals surface area contributed by atoms with Gasteiger partial charge >= 0.3 is 0 Å². The molecule has 0 saturated carbocycles. The normalized spacial score (nSPS) is 12.9. The molecule has 0 aliphatic rings.